The van der Waals surface area contributed by atoms with Crippen molar-refractivity contribution in [1.29, 1.82) is 0 Å². The lowest BCUT2D eigenvalue weighted by molar-refractivity contribution is -0.158. The van der Waals surface area contributed by atoms with Crippen LogP contribution in [0.4, 0.5) is 0 Å². The number of aliphatic hydroxyl groups is 1. The number of halogens is 1. The summed E-state index contributed by atoms with van der Waals surface area (Å²) in [4.78, 5) is 18.2. The summed E-state index contributed by atoms with van der Waals surface area (Å²) >= 11 is 6.00. The van der Waals surface area contributed by atoms with Gasteiger partial charge in [0.25, 0.3) is 0 Å². The van der Waals surface area contributed by atoms with E-state index in [9.17, 15) is 9.90 Å². The highest BCUT2D eigenvalue weighted by molar-refractivity contribution is 6.30. The maximum atomic E-state index is 12.9. The molecule has 6 heteroatoms. The Bertz CT molecular complexity index is 876. The van der Waals surface area contributed by atoms with Gasteiger partial charge in [-0.25, -0.2) is 0 Å². The minimum Gasteiger partial charge on any atom is -0.389 e. The first-order chi connectivity index (χ1) is 13.4. The second kappa shape index (κ2) is 7.48. The van der Waals surface area contributed by atoms with E-state index < -0.39 is 17.6 Å². The van der Waals surface area contributed by atoms with Crippen LogP contribution >= 0.6 is 11.6 Å². The lowest BCUT2D eigenvalue weighted by atomic mass is 9.78. The normalized spacial score (nSPS) is 24.5. The van der Waals surface area contributed by atoms with Gasteiger partial charge >= 0.3 is 0 Å². The van der Waals surface area contributed by atoms with Gasteiger partial charge in [-0.3, -0.25) is 4.79 Å². The van der Waals surface area contributed by atoms with Gasteiger partial charge in [-0.15, -0.1) is 0 Å². The molecule has 2 aliphatic rings. The zero-order valence-corrected chi connectivity index (χ0v) is 16.9. The summed E-state index contributed by atoms with van der Waals surface area (Å²) in [7, 11) is 1.65. The van der Waals surface area contributed by atoms with Crippen molar-refractivity contribution in [3.8, 4) is 11.1 Å². The number of aliphatic hydroxyl groups excluding tert-OH is 1. The molecule has 1 spiro atoms. The fraction of sp³-hybridized carbons (Fsp3) is 0.409. The molecule has 0 bridgehead atoms. The third-order valence-electron chi connectivity index (χ3n) is 6.20. The van der Waals surface area contributed by atoms with Crippen molar-refractivity contribution in [3.63, 3.8) is 0 Å². The number of carbonyl (C=O) groups is 1. The average Bonchev–Trinajstić information content (AvgIpc) is 2.93. The smallest absolute Gasteiger partial charge is 0.230 e. The zero-order valence-electron chi connectivity index (χ0n) is 16.1. The Morgan fingerprint density at radius 3 is 2.43 bits per heavy atom. The highest BCUT2D eigenvalue weighted by Crippen LogP contribution is 2.41. The van der Waals surface area contributed by atoms with Crippen LogP contribution in [0.5, 0.6) is 0 Å². The summed E-state index contributed by atoms with van der Waals surface area (Å²) in [6.07, 6.45) is 0.568. The van der Waals surface area contributed by atoms with Crippen molar-refractivity contribution in [3.05, 3.63) is 58.6 Å². The average molecular weight is 401 g/mol. The van der Waals surface area contributed by atoms with Crippen molar-refractivity contribution < 1.29 is 14.7 Å². The molecule has 4 rings (SSSR count). The third kappa shape index (κ3) is 3.33. The second-order valence-corrected chi connectivity index (χ2v) is 8.19. The van der Waals surface area contributed by atoms with Gasteiger partial charge in [-0.2, -0.15) is 5.06 Å². The van der Waals surface area contributed by atoms with Crippen LogP contribution in [-0.2, 0) is 9.63 Å². The number of hydroxylamine groups is 2. The number of piperidine rings is 1. The molecule has 0 saturated carbocycles. The summed E-state index contributed by atoms with van der Waals surface area (Å²) in [6, 6.07) is 13.7. The Balaban J connectivity index is 1.66. The molecule has 0 radical (unpaired) electrons. The summed E-state index contributed by atoms with van der Waals surface area (Å²) < 4.78 is 0. The van der Waals surface area contributed by atoms with E-state index >= 15 is 0 Å². The molecule has 5 nitrogen and oxygen atoms in total. The van der Waals surface area contributed by atoms with Gasteiger partial charge in [0.05, 0.1) is 24.7 Å². The molecular formula is C22H25ClN2O3. The predicted molar refractivity (Wildman–Crippen MR) is 109 cm³/mol. The van der Waals surface area contributed by atoms with Crippen LogP contribution in [0.2, 0.25) is 5.02 Å². The summed E-state index contributed by atoms with van der Waals surface area (Å²) in [5.74, 6) is -0.670. The summed E-state index contributed by atoms with van der Waals surface area (Å²) in [5.41, 5.74) is 3.33. The molecule has 1 amide bonds. The second-order valence-electron chi connectivity index (χ2n) is 7.76. The van der Waals surface area contributed by atoms with Gasteiger partial charge in [0, 0.05) is 18.1 Å². The topological polar surface area (TPSA) is 61.8 Å². The number of benzene rings is 2. The van der Waals surface area contributed by atoms with E-state index in [-0.39, 0.29) is 5.91 Å². The molecule has 2 fully saturated rings. The largest absolute Gasteiger partial charge is 0.389 e. The first-order valence-corrected chi connectivity index (χ1v) is 9.97. The lowest BCUT2D eigenvalue weighted by Gasteiger charge is -2.40. The number of aryl methyl sites for hydroxylation is 1. The standard InChI is InChI=1S/C22H25ClN2O3/c1-14-3-4-16(15-5-7-17(23)8-6-15)13-18(14)19-20(26)22(24-21(19)27)9-11-25(28-2)12-10-22/h3-8,13,19-20,26H,9-12H2,1-2H3,(H,24,27). The van der Waals surface area contributed by atoms with Crippen LogP contribution in [0.15, 0.2) is 42.5 Å². The molecule has 2 heterocycles. The van der Waals surface area contributed by atoms with Gasteiger partial charge in [0.2, 0.25) is 5.91 Å². The number of hydrogen-bond acceptors (Lipinski definition) is 4. The predicted octanol–water partition coefficient (Wildman–Crippen LogP) is 3.29. The number of rotatable bonds is 3. The van der Waals surface area contributed by atoms with E-state index in [1.165, 1.54) is 0 Å². The van der Waals surface area contributed by atoms with Crippen molar-refractivity contribution in [1.82, 2.24) is 10.4 Å². The molecule has 0 aliphatic carbocycles. The van der Waals surface area contributed by atoms with E-state index in [4.69, 9.17) is 16.4 Å². The molecule has 2 atom stereocenters. The maximum Gasteiger partial charge on any atom is 0.230 e. The first-order valence-electron chi connectivity index (χ1n) is 9.59. The number of amides is 1. The maximum absolute atomic E-state index is 12.9. The zero-order chi connectivity index (χ0) is 19.9. The fourth-order valence-corrected chi connectivity index (χ4v) is 4.58. The Hall–Kier alpha value is -1.92. The number of hydrogen-bond donors (Lipinski definition) is 2. The van der Waals surface area contributed by atoms with Crippen LogP contribution in [-0.4, -0.2) is 47.9 Å². The van der Waals surface area contributed by atoms with E-state index in [0.717, 1.165) is 22.3 Å². The highest BCUT2D eigenvalue weighted by atomic mass is 35.5. The molecule has 2 unspecified atom stereocenters. The van der Waals surface area contributed by atoms with Gasteiger partial charge in [-0.1, -0.05) is 35.9 Å². The number of nitrogens with one attached hydrogen (secondary N) is 1. The monoisotopic (exact) mass is 400 g/mol. The Morgan fingerprint density at radius 2 is 1.79 bits per heavy atom. The molecule has 148 valence electrons. The third-order valence-corrected chi connectivity index (χ3v) is 6.45. The van der Waals surface area contributed by atoms with E-state index in [1.807, 2.05) is 54.5 Å². The van der Waals surface area contributed by atoms with Crippen molar-refractivity contribution in [2.75, 3.05) is 20.2 Å². The molecular weight excluding hydrogens is 376 g/mol. The Labute approximate surface area is 170 Å². The lowest BCUT2D eigenvalue weighted by Crippen LogP contribution is -2.56. The summed E-state index contributed by atoms with van der Waals surface area (Å²) in [5, 5.41) is 16.9. The van der Waals surface area contributed by atoms with Gasteiger partial charge in [-0.05, 0) is 60.2 Å². The van der Waals surface area contributed by atoms with Crippen LogP contribution in [0.1, 0.15) is 29.9 Å². The minimum absolute atomic E-state index is 0.102. The molecule has 2 aromatic carbocycles. The van der Waals surface area contributed by atoms with Crippen molar-refractivity contribution >= 4 is 17.5 Å². The van der Waals surface area contributed by atoms with Gasteiger partial charge < -0.3 is 15.3 Å². The van der Waals surface area contributed by atoms with E-state index in [2.05, 4.69) is 5.32 Å². The molecule has 0 aromatic heterocycles. The highest BCUT2D eigenvalue weighted by Gasteiger charge is 2.54. The molecule has 28 heavy (non-hydrogen) atoms. The van der Waals surface area contributed by atoms with Crippen LogP contribution in [0, 0.1) is 6.92 Å². The molecule has 2 N–H and O–H groups in total. The van der Waals surface area contributed by atoms with Crippen LogP contribution in [0.3, 0.4) is 0 Å². The van der Waals surface area contributed by atoms with Gasteiger partial charge in [0.1, 0.15) is 0 Å². The molecule has 2 aromatic rings. The Morgan fingerprint density at radius 1 is 1.14 bits per heavy atom. The minimum atomic E-state index is -0.766. The van der Waals surface area contributed by atoms with Crippen molar-refractivity contribution in [2.45, 2.75) is 37.3 Å². The number of carbonyl (C=O) groups excluding carboxylic acids is 1. The van der Waals surface area contributed by atoms with E-state index in [0.29, 0.717) is 31.0 Å². The molecule has 2 saturated heterocycles. The SMILES string of the molecule is CON1CCC2(CC1)NC(=O)C(c1cc(-c3ccc(Cl)cc3)ccc1C)C2O. The van der Waals surface area contributed by atoms with Gasteiger partial charge in [0.15, 0.2) is 0 Å². The summed E-state index contributed by atoms with van der Waals surface area (Å²) in [6.45, 7) is 3.36. The molecule has 2 aliphatic heterocycles. The van der Waals surface area contributed by atoms with Crippen molar-refractivity contribution in [2.24, 2.45) is 0 Å². The Kier molecular flexibility index (Phi) is 5.19. The fourth-order valence-electron chi connectivity index (χ4n) is 4.46. The quantitative estimate of drug-likeness (QED) is 0.830. The van der Waals surface area contributed by atoms with E-state index in [1.54, 1.807) is 7.11 Å². The van der Waals surface area contributed by atoms with Crippen LogP contribution < -0.4 is 5.32 Å². The van der Waals surface area contributed by atoms with Crippen LogP contribution in [0.25, 0.3) is 11.1 Å². The first kappa shape index (κ1) is 19.4. The number of nitrogens with zero attached hydrogens (tertiary/aromatic N) is 1.